The molecule has 20 heavy (non-hydrogen) atoms. The monoisotopic (exact) mass is 280 g/mol. The molecule has 1 fully saturated rings. The maximum atomic E-state index is 11.9. The van der Waals surface area contributed by atoms with Crippen LogP contribution in [0, 0.1) is 0 Å². The quantitative estimate of drug-likeness (QED) is 0.742. The number of hydrogen-bond acceptors (Lipinski definition) is 3. The van der Waals surface area contributed by atoms with Crippen molar-refractivity contribution in [3.63, 3.8) is 0 Å². The minimum atomic E-state index is -0.872. The number of rotatable bonds is 6. The molecule has 0 aliphatic heterocycles. The van der Waals surface area contributed by atoms with E-state index >= 15 is 0 Å². The fraction of sp³-hybridized carbons (Fsp3) is 0.571. The lowest BCUT2D eigenvalue weighted by Crippen LogP contribution is -2.51. The lowest BCUT2D eigenvalue weighted by Gasteiger charge is -2.28. The maximum Gasteiger partial charge on any atom is 0.315 e. The van der Waals surface area contributed by atoms with E-state index in [1.807, 2.05) is 6.07 Å². The summed E-state index contributed by atoms with van der Waals surface area (Å²) in [6.45, 7) is 0.461. The van der Waals surface area contributed by atoms with Crippen LogP contribution in [0.25, 0.3) is 0 Å². The molecule has 0 saturated heterocycles. The van der Waals surface area contributed by atoms with E-state index in [-0.39, 0.29) is 12.5 Å². The molecular formula is C14H20N2O4. The first-order valence-electron chi connectivity index (χ1n) is 6.90. The maximum absolute atomic E-state index is 11.9. The van der Waals surface area contributed by atoms with Crippen LogP contribution >= 0.6 is 0 Å². The SMILES string of the molecule is O=C(O)CC1(NC(=O)NCCc2ccco2)CCCC1. The molecule has 0 radical (unpaired) electrons. The van der Waals surface area contributed by atoms with Gasteiger partial charge in [0, 0.05) is 13.0 Å². The van der Waals surface area contributed by atoms with E-state index in [1.54, 1.807) is 12.3 Å². The first kappa shape index (κ1) is 14.4. The predicted octanol–water partition coefficient (Wildman–Crippen LogP) is 1.91. The summed E-state index contributed by atoms with van der Waals surface area (Å²) in [7, 11) is 0. The van der Waals surface area contributed by atoms with Gasteiger partial charge in [-0.2, -0.15) is 0 Å². The number of furan rings is 1. The Balaban J connectivity index is 1.78. The number of carbonyl (C=O) groups is 2. The Labute approximate surface area is 117 Å². The van der Waals surface area contributed by atoms with Crippen LogP contribution in [0.15, 0.2) is 22.8 Å². The Hall–Kier alpha value is -1.98. The van der Waals surface area contributed by atoms with Gasteiger partial charge in [-0.15, -0.1) is 0 Å². The standard InChI is InChI=1S/C14H20N2O4/c17-12(18)10-14(6-1-2-7-14)16-13(19)15-8-5-11-4-3-9-20-11/h3-4,9H,1-2,5-8,10H2,(H,17,18)(H2,15,16,19). The summed E-state index contributed by atoms with van der Waals surface area (Å²) >= 11 is 0. The number of hydrogen-bond donors (Lipinski definition) is 3. The second-order valence-corrected chi connectivity index (χ2v) is 5.27. The average Bonchev–Trinajstić information content (AvgIpc) is 3.00. The Morgan fingerprint density at radius 1 is 1.35 bits per heavy atom. The highest BCUT2D eigenvalue weighted by Crippen LogP contribution is 2.32. The topological polar surface area (TPSA) is 91.6 Å². The second kappa shape index (κ2) is 6.45. The number of urea groups is 1. The van der Waals surface area contributed by atoms with E-state index in [0.29, 0.717) is 13.0 Å². The van der Waals surface area contributed by atoms with E-state index in [1.165, 1.54) is 0 Å². The molecular weight excluding hydrogens is 260 g/mol. The van der Waals surface area contributed by atoms with Crippen LogP contribution in [-0.4, -0.2) is 29.2 Å². The largest absolute Gasteiger partial charge is 0.481 e. The minimum Gasteiger partial charge on any atom is -0.481 e. The fourth-order valence-corrected chi connectivity index (χ4v) is 2.73. The normalized spacial score (nSPS) is 16.8. The van der Waals surface area contributed by atoms with Crippen LogP contribution in [0.1, 0.15) is 37.9 Å². The van der Waals surface area contributed by atoms with Crippen molar-refractivity contribution in [3.05, 3.63) is 24.2 Å². The third-order valence-corrected chi connectivity index (χ3v) is 3.67. The zero-order valence-corrected chi connectivity index (χ0v) is 11.4. The number of carbonyl (C=O) groups excluding carboxylic acids is 1. The Bertz CT molecular complexity index is 450. The van der Waals surface area contributed by atoms with Crippen LogP contribution < -0.4 is 10.6 Å². The van der Waals surface area contributed by atoms with E-state index in [2.05, 4.69) is 10.6 Å². The third-order valence-electron chi connectivity index (χ3n) is 3.67. The van der Waals surface area contributed by atoms with Crippen LogP contribution in [0.5, 0.6) is 0 Å². The molecule has 2 rings (SSSR count). The van der Waals surface area contributed by atoms with Gasteiger partial charge in [0.05, 0.1) is 18.2 Å². The molecule has 6 nitrogen and oxygen atoms in total. The summed E-state index contributed by atoms with van der Waals surface area (Å²) in [5, 5.41) is 14.6. The second-order valence-electron chi connectivity index (χ2n) is 5.27. The highest BCUT2D eigenvalue weighted by atomic mass is 16.4. The number of amides is 2. The van der Waals surface area contributed by atoms with Crippen molar-refractivity contribution >= 4 is 12.0 Å². The van der Waals surface area contributed by atoms with Gasteiger partial charge in [-0.25, -0.2) is 4.79 Å². The van der Waals surface area contributed by atoms with Gasteiger partial charge in [-0.3, -0.25) is 4.79 Å². The Kier molecular flexibility index (Phi) is 4.65. The van der Waals surface area contributed by atoms with Crippen molar-refractivity contribution in [2.75, 3.05) is 6.54 Å². The lowest BCUT2D eigenvalue weighted by atomic mass is 9.93. The van der Waals surface area contributed by atoms with Crippen molar-refractivity contribution in [2.24, 2.45) is 0 Å². The molecule has 1 aromatic rings. The minimum absolute atomic E-state index is 0.0153. The van der Waals surface area contributed by atoms with Gasteiger partial charge in [0.15, 0.2) is 0 Å². The van der Waals surface area contributed by atoms with E-state index in [0.717, 1.165) is 31.4 Å². The van der Waals surface area contributed by atoms with Gasteiger partial charge in [0.2, 0.25) is 0 Å². The summed E-state index contributed by atoms with van der Waals surface area (Å²) in [5.74, 6) is -0.0609. The number of carboxylic acid groups (broad SMARTS) is 1. The lowest BCUT2D eigenvalue weighted by molar-refractivity contribution is -0.138. The van der Waals surface area contributed by atoms with Gasteiger partial charge < -0.3 is 20.2 Å². The van der Waals surface area contributed by atoms with Crippen molar-refractivity contribution < 1.29 is 19.1 Å². The summed E-state index contributed by atoms with van der Waals surface area (Å²) in [6.07, 6.45) is 5.57. The molecule has 1 aromatic heterocycles. The van der Waals surface area contributed by atoms with E-state index < -0.39 is 11.5 Å². The Morgan fingerprint density at radius 2 is 2.10 bits per heavy atom. The first-order valence-corrected chi connectivity index (χ1v) is 6.90. The molecule has 0 unspecified atom stereocenters. The van der Waals surface area contributed by atoms with Crippen molar-refractivity contribution in [1.29, 1.82) is 0 Å². The molecule has 1 aliphatic carbocycles. The molecule has 110 valence electrons. The third kappa shape index (κ3) is 4.01. The summed E-state index contributed by atoms with van der Waals surface area (Å²) in [4.78, 5) is 22.8. The highest BCUT2D eigenvalue weighted by molar-refractivity contribution is 5.76. The molecule has 1 saturated carbocycles. The summed E-state index contributed by atoms with van der Waals surface area (Å²) < 4.78 is 5.17. The predicted molar refractivity (Wildman–Crippen MR) is 72.4 cm³/mol. The van der Waals surface area contributed by atoms with Crippen LogP contribution in [0.4, 0.5) is 4.79 Å². The number of carboxylic acids is 1. The van der Waals surface area contributed by atoms with E-state index in [4.69, 9.17) is 9.52 Å². The fourth-order valence-electron chi connectivity index (χ4n) is 2.73. The molecule has 0 atom stereocenters. The zero-order valence-electron chi connectivity index (χ0n) is 11.4. The van der Waals surface area contributed by atoms with E-state index in [9.17, 15) is 9.59 Å². The molecule has 1 aliphatic rings. The van der Waals surface area contributed by atoms with Crippen molar-refractivity contribution in [1.82, 2.24) is 10.6 Å². The Morgan fingerprint density at radius 3 is 2.70 bits per heavy atom. The van der Waals surface area contributed by atoms with Crippen molar-refractivity contribution in [3.8, 4) is 0 Å². The first-order chi connectivity index (χ1) is 9.60. The van der Waals surface area contributed by atoms with Crippen LogP contribution in [0.3, 0.4) is 0 Å². The molecule has 6 heteroatoms. The van der Waals surface area contributed by atoms with Gasteiger partial charge in [0.1, 0.15) is 5.76 Å². The van der Waals surface area contributed by atoms with Gasteiger partial charge in [-0.1, -0.05) is 12.8 Å². The summed E-state index contributed by atoms with van der Waals surface area (Å²) in [6, 6.07) is 3.35. The van der Waals surface area contributed by atoms with Crippen LogP contribution in [0.2, 0.25) is 0 Å². The van der Waals surface area contributed by atoms with Gasteiger partial charge in [0.25, 0.3) is 0 Å². The smallest absolute Gasteiger partial charge is 0.315 e. The van der Waals surface area contributed by atoms with Gasteiger partial charge >= 0.3 is 12.0 Å². The average molecular weight is 280 g/mol. The molecule has 0 spiro atoms. The summed E-state index contributed by atoms with van der Waals surface area (Å²) in [5.41, 5.74) is -0.583. The van der Waals surface area contributed by atoms with Gasteiger partial charge in [-0.05, 0) is 25.0 Å². The van der Waals surface area contributed by atoms with Crippen molar-refractivity contribution in [2.45, 2.75) is 44.1 Å². The number of aliphatic carboxylic acids is 1. The van der Waals surface area contributed by atoms with Crippen LogP contribution in [-0.2, 0) is 11.2 Å². The number of nitrogens with one attached hydrogen (secondary N) is 2. The molecule has 2 amide bonds. The highest BCUT2D eigenvalue weighted by Gasteiger charge is 2.37. The molecule has 1 heterocycles. The molecule has 0 bridgehead atoms. The molecule has 3 N–H and O–H groups in total. The zero-order chi connectivity index (χ0) is 14.4. The molecule has 0 aromatic carbocycles.